The number of fused-ring (bicyclic) bond motifs is 1. The number of rotatable bonds is 7. The third-order valence-electron chi connectivity index (χ3n) is 5.70. The van der Waals surface area contributed by atoms with Gasteiger partial charge in [0.1, 0.15) is 11.2 Å². The molecule has 0 atom stereocenters. The number of ether oxygens (including phenoxy) is 1. The highest BCUT2D eigenvalue weighted by Gasteiger charge is 2.39. The van der Waals surface area contributed by atoms with Crippen LogP contribution in [-0.4, -0.2) is 47.4 Å². The van der Waals surface area contributed by atoms with Crippen molar-refractivity contribution in [2.24, 2.45) is 5.11 Å². The highest BCUT2D eigenvalue weighted by molar-refractivity contribution is 5.87. The molecule has 1 saturated carbocycles. The fourth-order valence-electron chi connectivity index (χ4n) is 3.95. The van der Waals surface area contributed by atoms with Crippen LogP contribution in [0.1, 0.15) is 19.8 Å². The van der Waals surface area contributed by atoms with Crippen LogP contribution in [0.4, 0.5) is 17.3 Å². The standard InChI is InChI=1S/C20H26N8O/c1-20(23-3)10-13(11-20)24-19-25-18(29-4)17-14(7-8-28(17)27-19)12-5-6-15(26-21)16(9-12)22-2/h5-9,13,21-23H,10-11H2,1-4H3,(H,24,27). The molecule has 29 heavy (non-hydrogen) atoms. The molecule has 0 amide bonds. The Hall–Kier alpha value is -3.20. The van der Waals surface area contributed by atoms with E-state index in [0.717, 1.165) is 35.2 Å². The lowest BCUT2D eigenvalue weighted by molar-refractivity contribution is 0.200. The van der Waals surface area contributed by atoms with Gasteiger partial charge >= 0.3 is 0 Å². The van der Waals surface area contributed by atoms with Crippen LogP contribution >= 0.6 is 0 Å². The fourth-order valence-corrected chi connectivity index (χ4v) is 3.95. The van der Waals surface area contributed by atoms with Crippen LogP contribution in [0.3, 0.4) is 0 Å². The molecule has 1 aliphatic rings. The van der Waals surface area contributed by atoms with Crippen LogP contribution < -0.4 is 20.7 Å². The SMILES string of the molecule is CNc1cc(-c2ccn3nc(NC4CC(C)(NC)C4)nc(OC)c23)ccc1N=N. The number of methoxy groups -OCH3 is 1. The average molecular weight is 394 g/mol. The van der Waals surface area contributed by atoms with Gasteiger partial charge in [-0.3, -0.25) is 0 Å². The van der Waals surface area contributed by atoms with Crippen LogP contribution in [0.15, 0.2) is 35.6 Å². The maximum atomic E-state index is 7.29. The number of nitrogens with zero attached hydrogens (tertiary/aromatic N) is 4. The molecule has 1 aliphatic carbocycles. The van der Waals surface area contributed by atoms with E-state index < -0.39 is 0 Å². The van der Waals surface area contributed by atoms with Crippen molar-refractivity contribution in [3.63, 3.8) is 0 Å². The van der Waals surface area contributed by atoms with Crippen molar-refractivity contribution in [2.75, 3.05) is 31.8 Å². The molecule has 2 heterocycles. The summed E-state index contributed by atoms with van der Waals surface area (Å²) in [6.45, 7) is 2.22. The Morgan fingerprint density at radius 1 is 1.28 bits per heavy atom. The molecule has 4 N–H and O–H groups in total. The number of anilines is 2. The highest BCUT2D eigenvalue weighted by Crippen LogP contribution is 2.37. The van der Waals surface area contributed by atoms with E-state index in [4.69, 9.17) is 10.3 Å². The summed E-state index contributed by atoms with van der Waals surface area (Å²) in [5, 5.41) is 18.0. The van der Waals surface area contributed by atoms with Gasteiger partial charge in [0, 0.05) is 30.4 Å². The van der Waals surface area contributed by atoms with Crippen LogP contribution in [0, 0.1) is 5.53 Å². The van der Waals surface area contributed by atoms with E-state index >= 15 is 0 Å². The minimum atomic E-state index is 0.176. The van der Waals surface area contributed by atoms with Crippen LogP contribution in [0.25, 0.3) is 16.6 Å². The van der Waals surface area contributed by atoms with Crippen LogP contribution in [0.5, 0.6) is 5.88 Å². The average Bonchev–Trinajstić information content (AvgIpc) is 3.15. The minimum Gasteiger partial charge on any atom is -0.479 e. The second-order valence-electron chi connectivity index (χ2n) is 7.62. The van der Waals surface area contributed by atoms with Crippen molar-refractivity contribution in [2.45, 2.75) is 31.3 Å². The lowest BCUT2D eigenvalue weighted by Crippen LogP contribution is -2.56. The molecule has 9 nitrogen and oxygen atoms in total. The van der Waals surface area contributed by atoms with Gasteiger partial charge in [0.15, 0.2) is 0 Å². The lowest BCUT2D eigenvalue weighted by Gasteiger charge is -2.45. The number of aromatic nitrogens is 3. The highest BCUT2D eigenvalue weighted by atomic mass is 16.5. The zero-order valence-electron chi connectivity index (χ0n) is 17.1. The molecule has 0 bridgehead atoms. The second-order valence-corrected chi connectivity index (χ2v) is 7.62. The summed E-state index contributed by atoms with van der Waals surface area (Å²) in [7, 11) is 5.42. The van der Waals surface area contributed by atoms with E-state index in [1.165, 1.54) is 0 Å². The molecule has 0 spiro atoms. The normalized spacial score (nSPS) is 20.9. The third kappa shape index (κ3) is 3.38. The maximum absolute atomic E-state index is 7.29. The Kier molecular flexibility index (Phi) is 4.83. The number of nitrogens with one attached hydrogen (secondary N) is 4. The van der Waals surface area contributed by atoms with Gasteiger partial charge < -0.3 is 20.7 Å². The first-order valence-corrected chi connectivity index (χ1v) is 9.58. The predicted molar refractivity (Wildman–Crippen MR) is 113 cm³/mol. The molecule has 0 saturated heterocycles. The molecular weight excluding hydrogens is 368 g/mol. The summed E-state index contributed by atoms with van der Waals surface area (Å²) >= 11 is 0. The van der Waals surface area contributed by atoms with Gasteiger partial charge in [0.05, 0.1) is 12.8 Å². The van der Waals surface area contributed by atoms with Crippen LogP contribution in [0.2, 0.25) is 0 Å². The van der Waals surface area contributed by atoms with Crippen molar-refractivity contribution in [1.82, 2.24) is 19.9 Å². The minimum absolute atomic E-state index is 0.176. The number of hydrogen-bond acceptors (Lipinski definition) is 8. The molecule has 1 fully saturated rings. The van der Waals surface area contributed by atoms with Crippen molar-refractivity contribution in [3.8, 4) is 17.0 Å². The van der Waals surface area contributed by atoms with E-state index in [2.05, 4.69) is 38.1 Å². The predicted octanol–water partition coefficient (Wildman–Crippen LogP) is 3.66. The molecule has 2 aromatic heterocycles. The zero-order valence-corrected chi connectivity index (χ0v) is 17.1. The summed E-state index contributed by atoms with van der Waals surface area (Å²) in [6, 6.07) is 8.04. The van der Waals surface area contributed by atoms with Gasteiger partial charge in [0.2, 0.25) is 11.8 Å². The summed E-state index contributed by atoms with van der Waals surface area (Å²) in [6.07, 6.45) is 3.94. The maximum Gasteiger partial charge on any atom is 0.244 e. The third-order valence-corrected chi connectivity index (χ3v) is 5.70. The van der Waals surface area contributed by atoms with Gasteiger partial charge in [-0.1, -0.05) is 6.07 Å². The molecule has 0 radical (unpaired) electrons. The molecular formula is C20H26N8O. The zero-order chi connectivity index (χ0) is 20.6. The van der Waals surface area contributed by atoms with Crippen molar-refractivity contribution >= 4 is 22.8 Å². The topological polar surface area (TPSA) is 112 Å². The van der Waals surface area contributed by atoms with E-state index in [9.17, 15) is 0 Å². The van der Waals surface area contributed by atoms with E-state index in [1.807, 2.05) is 44.6 Å². The van der Waals surface area contributed by atoms with Gasteiger partial charge in [-0.25, -0.2) is 10.0 Å². The first-order valence-electron chi connectivity index (χ1n) is 9.58. The molecule has 152 valence electrons. The number of hydrogen-bond donors (Lipinski definition) is 4. The Bertz CT molecular complexity index is 1050. The van der Waals surface area contributed by atoms with Crippen molar-refractivity contribution in [1.29, 1.82) is 5.53 Å². The lowest BCUT2D eigenvalue weighted by atomic mass is 9.74. The molecule has 3 aromatic rings. The molecule has 1 aromatic carbocycles. The quantitative estimate of drug-likeness (QED) is 0.455. The molecule has 9 heteroatoms. The van der Waals surface area contributed by atoms with E-state index in [-0.39, 0.29) is 5.54 Å². The van der Waals surface area contributed by atoms with E-state index in [1.54, 1.807) is 11.6 Å². The molecule has 0 aliphatic heterocycles. The van der Waals surface area contributed by atoms with Crippen molar-refractivity contribution in [3.05, 3.63) is 30.5 Å². The number of benzene rings is 1. The Balaban J connectivity index is 1.69. The summed E-state index contributed by atoms with van der Waals surface area (Å²) < 4.78 is 7.39. The Morgan fingerprint density at radius 3 is 2.72 bits per heavy atom. The summed E-state index contributed by atoms with van der Waals surface area (Å²) in [5.74, 6) is 1.07. The Labute approximate surface area is 169 Å². The van der Waals surface area contributed by atoms with E-state index in [0.29, 0.717) is 23.6 Å². The van der Waals surface area contributed by atoms with Gasteiger partial charge in [-0.2, -0.15) is 10.1 Å². The molecule has 0 unspecified atom stereocenters. The first kappa shape index (κ1) is 19.1. The van der Waals surface area contributed by atoms with Gasteiger partial charge in [0.25, 0.3) is 0 Å². The Morgan fingerprint density at radius 2 is 2.07 bits per heavy atom. The second kappa shape index (κ2) is 7.32. The smallest absolute Gasteiger partial charge is 0.244 e. The fraction of sp³-hybridized carbons (Fsp3) is 0.400. The summed E-state index contributed by atoms with van der Waals surface area (Å²) in [4.78, 5) is 4.60. The largest absolute Gasteiger partial charge is 0.479 e. The monoisotopic (exact) mass is 394 g/mol. The van der Waals surface area contributed by atoms with Crippen molar-refractivity contribution < 1.29 is 4.74 Å². The van der Waals surface area contributed by atoms with Gasteiger partial charge in [-0.05, 0) is 50.6 Å². The van der Waals surface area contributed by atoms with Crippen LogP contribution in [-0.2, 0) is 0 Å². The van der Waals surface area contributed by atoms with Gasteiger partial charge in [-0.15, -0.1) is 5.10 Å². The molecule has 4 rings (SSSR count). The summed E-state index contributed by atoms with van der Waals surface area (Å²) in [5.41, 5.74) is 11.6. The first-order chi connectivity index (χ1) is 14.0.